The van der Waals surface area contributed by atoms with E-state index >= 15 is 0 Å². The minimum absolute atomic E-state index is 0.233. The molecule has 0 aliphatic carbocycles. The Hall–Kier alpha value is -2.25. The van der Waals surface area contributed by atoms with Crippen LogP contribution in [0.2, 0.25) is 0 Å². The lowest BCUT2D eigenvalue weighted by Crippen LogP contribution is -2.15. The summed E-state index contributed by atoms with van der Waals surface area (Å²) in [5.74, 6) is -0.398. The van der Waals surface area contributed by atoms with Gasteiger partial charge in [0.05, 0.1) is 4.88 Å². The molecule has 0 spiro atoms. The SMILES string of the molecule is Cc1cc2c(c(NC(=O)c3ccc([C@H]4CCCN4)s3)n1)C(=O)OC2. The number of amides is 1. The van der Waals surface area contributed by atoms with Crippen molar-refractivity contribution in [2.75, 3.05) is 11.9 Å². The van der Waals surface area contributed by atoms with E-state index in [0.717, 1.165) is 30.6 Å². The number of thiophene rings is 1. The Morgan fingerprint density at radius 3 is 3.12 bits per heavy atom. The van der Waals surface area contributed by atoms with E-state index in [9.17, 15) is 9.59 Å². The minimum Gasteiger partial charge on any atom is -0.457 e. The second-order valence-electron chi connectivity index (χ2n) is 6.03. The molecular formula is C17H17N3O3S. The largest absolute Gasteiger partial charge is 0.457 e. The van der Waals surface area contributed by atoms with E-state index < -0.39 is 5.97 Å². The van der Waals surface area contributed by atoms with Gasteiger partial charge in [-0.25, -0.2) is 9.78 Å². The molecule has 24 heavy (non-hydrogen) atoms. The van der Waals surface area contributed by atoms with Crippen molar-refractivity contribution in [2.24, 2.45) is 0 Å². The molecule has 2 aliphatic rings. The van der Waals surface area contributed by atoms with Gasteiger partial charge in [-0.1, -0.05) is 0 Å². The zero-order chi connectivity index (χ0) is 16.7. The van der Waals surface area contributed by atoms with Crippen LogP contribution in [0.5, 0.6) is 0 Å². The molecule has 2 aromatic rings. The van der Waals surface area contributed by atoms with Gasteiger partial charge in [0.15, 0.2) is 0 Å². The number of aromatic nitrogens is 1. The van der Waals surface area contributed by atoms with E-state index in [4.69, 9.17) is 4.74 Å². The van der Waals surface area contributed by atoms with Crippen LogP contribution in [0.4, 0.5) is 5.82 Å². The number of ether oxygens (including phenoxy) is 1. The van der Waals surface area contributed by atoms with Gasteiger partial charge >= 0.3 is 5.97 Å². The van der Waals surface area contributed by atoms with Gasteiger partial charge in [0, 0.05) is 22.2 Å². The van der Waals surface area contributed by atoms with Crippen molar-refractivity contribution in [3.63, 3.8) is 0 Å². The number of aryl methyl sites for hydroxylation is 1. The third-order valence-electron chi connectivity index (χ3n) is 4.28. The van der Waals surface area contributed by atoms with Crippen LogP contribution in [-0.2, 0) is 11.3 Å². The lowest BCUT2D eigenvalue weighted by molar-refractivity contribution is 0.0535. The van der Waals surface area contributed by atoms with Crippen LogP contribution >= 0.6 is 11.3 Å². The van der Waals surface area contributed by atoms with Gasteiger partial charge in [0.25, 0.3) is 5.91 Å². The lowest BCUT2D eigenvalue weighted by Gasteiger charge is -2.08. The van der Waals surface area contributed by atoms with Crippen molar-refractivity contribution in [3.8, 4) is 0 Å². The molecule has 2 N–H and O–H groups in total. The first kappa shape index (κ1) is 15.3. The first-order valence-corrected chi connectivity index (χ1v) is 8.75. The molecule has 4 heterocycles. The molecule has 2 aromatic heterocycles. The first-order valence-electron chi connectivity index (χ1n) is 7.94. The fourth-order valence-corrected chi connectivity index (χ4v) is 4.16. The van der Waals surface area contributed by atoms with E-state index in [1.165, 1.54) is 16.2 Å². The van der Waals surface area contributed by atoms with E-state index in [2.05, 4.69) is 15.6 Å². The van der Waals surface area contributed by atoms with Crippen LogP contribution in [0.1, 0.15) is 55.0 Å². The van der Waals surface area contributed by atoms with Crippen LogP contribution in [0.15, 0.2) is 18.2 Å². The van der Waals surface area contributed by atoms with Gasteiger partial charge in [0.1, 0.15) is 18.0 Å². The van der Waals surface area contributed by atoms with Gasteiger partial charge in [-0.2, -0.15) is 0 Å². The molecule has 1 saturated heterocycles. The number of carbonyl (C=O) groups is 2. The van der Waals surface area contributed by atoms with Crippen molar-refractivity contribution >= 4 is 29.0 Å². The van der Waals surface area contributed by atoms with Crippen LogP contribution in [-0.4, -0.2) is 23.4 Å². The van der Waals surface area contributed by atoms with E-state index in [-0.39, 0.29) is 18.3 Å². The number of rotatable bonds is 3. The average Bonchev–Trinajstić information content (AvgIpc) is 3.26. The second-order valence-corrected chi connectivity index (χ2v) is 7.14. The Balaban J connectivity index is 1.58. The first-order chi connectivity index (χ1) is 11.6. The van der Waals surface area contributed by atoms with Crippen LogP contribution < -0.4 is 10.6 Å². The molecule has 4 rings (SSSR count). The quantitative estimate of drug-likeness (QED) is 0.838. The molecule has 0 aromatic carbocycles. The van der Waals surface area contributed by atoms with E-state index in [1.807, 2.05) is 25.1 Å². The summed E-state index contributed by atoms with van der Waals surface area (Å²) in [4.78, 5) is 30.5. The van der Waals surface area contributed by atoms with Crippen LogP contribution in [0.25, 0.3) is 0 Å². The van der Waals surface area contributed by atoms with E-state index in [1.54, 1.807) is 0 Å². The van der Waals surface area contributed by atoms with Crippen LogP contribution in [0.3, 0.4) is 0 Å². The standard InChI is InChI=1S/C17H17N3O3S/c1-9-7-10-8-23-17(22)14(10)15(19-9)20-16(21)13-5-4-12(24-13)11-3-2-6-18-11/h4-5,7,11,18H,2-3,6,8H2,1H3,(H,19,20,21)/t11-/m1/s1. The predicted molar refractivity (Wildman–Crippen MR) is 90.3 cm³/mol. The van der Waals surface area contributed by atoms with Gasteiger partial charge in [-0.05, 0) is 44.5 Å². The Morgan fingerprint density at radius 1 is 1.46 bits per heavy atom. The number of hydrogen-bond donors (Lipinski definition) is 2. The highest BCUT2D eigenvalue weighted by atomic mass is 32.1. The number of pyridine rings is 1. The highest BCUT2D eigenvalue weighted by Crippen LogP contribution is 2.31. The van der Waals surface area contributed by atoms with Crippen LogP contribution in [0, 0.1) is 6.92 Å². The monoisotopic (exact) mass is 343 g/mol. The predicted octanol–water partition coefficient (Wildman–Crippen LogP) is 2.80. The molecule has 0 unspecified atom stereocenters. The third kappa shape index (κ3) is 2.70. The molecule has 2 aliphatic heterocycles. The highest BCUT2D eigenvalue weighted by Gasteiger charge is 2.28. The zero-order valence-electron chi connectivity index (χ0n) is 13.2. The maximum absolute atomic E-state index is 12.5. The third-order valence-corrected chi connectivity index (χ3v) is 5.48. The summed E-state index contributed by atoms with van der Waals surface area (Å²) < 4.78 is 5.04. The number of fused-ring (bicyclic) bond motifs is 1. The summed E-state index contributed by atoms with van der Waals surface area (Å²) in [7, 11) is 0. The van der Waals surface area contributed by atoms with Crippen molar-refractivity contribution in [2.45, 2.75) is 32.4 Å². The summed E-state index contributed by atoms with van der Waals surface area (Å²) in [5.41, 5.74) is 1.87. The Morgan fingerprint density at radius 2 is 2.33 bits per heavy atom. The fourth-order valence-electron chi connectivity index (χ4n) is 3.15. The Bertz CT molecular complexity index is 824. The topological polar surface area (TPSA) is 80.3 Å². The van der Waals surface area contributed by atoms with Crippen molar-refractivity contribution in [1.82, 2.24) is 10.3 Å². The van der Waals surface area contributed by atoms with Crippen molar-refractivity contribution in [3.05, 3.63) is 44.8 Å². The lowest BCUT2D eigenvalue weighted by atomic mass is 10.1. The number of esters is 1. The number of nitrogens with one attached hydrogen (secondary N) is 2. The molecule has 6 nitrogen and oxygen atoms in total. The van der Waals surface area contributed by atoms with Gasteiger partial charge in [0.2, 0.25) is 0 Å². The molecule has 0 radical (unpaired) electrons. The van der Waals surface area contributed by atoms with Gasteiger partial charge in [-0.15, -0.1) is 11.3 Å². The molecule has 1 amide bonds. The minimum atomic E-state index is -0.435. The summed E-state index contributed by atoms with van der Waals surface area (Å²) in [5, 5.41) is 6.20. The number of nitrogens with zero attached hydrogens (tertiary/aromatic N) is 1. The average molecular weight is 343 g/mol. The van der Waals surface area contributed by atoms with Gasteiger partial charge < -0.3 is 15.4 Å². The maximum Gasteiger partial charge on any atom is 0.342 e. The maximum atomic E-state index is 12.5. The smallest absolute Gasteiger partial charge is 0.342 e. The number of cyclic esters (lactones) is 1. The number of carbonyl (C=O) groups excluding carboxylic acids is 2. The molecular weight excluding hydrogens is 326 g/mol. The van der Waals surface area contributed by atoms with Crippen molar-refractivity contribution in [1.29, 1.82) is 0 Å². The molecule has 7 heteroatoms. The highest BCUT2D eigenvalue weighted by molar-refractivity contribution is 7.14. The number of hydrogen-bond acceptors (Lipinski definition) is 6. The normalized spacial score (nSPS) is 19.2. The summed E-state index contributed by atoms with van der Waals surface area (Å²) in [6, 6.07) is 5.97. The summed E-state index contributed by atoms with van der Waals surface area (Å²) >= 11 is 1.48. The Labute approximate surface area is 143 Å². The molecule has 0 bridgehead atoms. The van der Waals surface area contributed by atoms with E-state index in [0.29, 0.717) is 16.5 Å². The fraction of sp³-hybridized carbons (Fsp3) is 0.353. The van der Waals surface area contributed by atoms with Crippen molar-refractivity contribution < 1.29 is 14.3 Å². The molecule has 124 valence electrons. The number of anilines is 1. The summed E-state index contributed by atoms with van der Waals surface area (Å²) in [6.07, 6.45) is 2.26. The molecule has 0 saturated carbocycles. The molecule has 1 atom stereocenters. The second kappa shape index (κ2) is 5.99. The Kier molecular flexibility index (Phi) is 3.82. The molecule has 1 fully saturated rings. The zero-order valence-corrected chi connectivity index (χ0v) is 14.0. The van der Waals surface area contributed by atoms with Gasteiger partial charge in [-0.3, -0.25) is 4.79 Å². The summed E-state index contributed by atoms with van der Waals surface area (Å²) in [6.45, 7) is 3.08.